The van der Waals surface area contributed by atoms with Crippen LogP contribution in [0.1, 0.15) is 43.6 Å². The van der Waals surface area contributed by atoms with Crippen molar-refractivity contribution >= 4 is 17.8 Å². The third-order valence-corrected chi connectivity index (χ3v) is 2.83. The average molecular weight is 306 g/mol. The number of hydrogen-bond acceptors (Lipinski definition) is 3. The number of benzene rings is 1. The van der Waals surface area contributed by atoms with Gasteiger partial charge in [0.25, 0.3) is 0 Å². The third kappa shape index (κ3) is 5.95. The Hall–Kier alpha value is -2.37. The van der Waals surface area contributed by atoms with Crippen LogP contribution in [0.15, 0.2) is 24.3 Å². The van der Waals surface area contributed by atoms with E-state index in [0.717, 1.165) is 0 Å². The van der Waals surface area contributed by atoms with Crippen LogP contribution in [0.4, 0.5) is 0 Å². The van der Waals surface area contributed by atoms with Gasteiger partial charge in [-0.1, -0.05) is 12.1 Å². The number of aromatic carboxylic acids is 1. The lowest BCUT2D eigenvalue weighted by atomic mass is 10.1. The molecule has 6 heteroatoms. The van der Waals surface area contributed by atoms with Gasteiger partial charge < -0.3 is 15.7 Å². The fourth-order valence-electron chi connectivity index (χ4n) is 1.79. The average Bonchev–Trinajstić information content (AvgIpc) is 2.37. The molecule has 120 valence electrons. The van der Waals surface area contributed by atoms with E-state index in [9.17, 15) is 14.4 Å². The summed E-state index contributed by atoms with van der Waals surface area (Å²) in [6.45, 7) is 7.21. The van der Waals surface area contributed by atoms with Crippen molar-refractivity contribution in [2.24, 2.45) is 0 Å². The topological polar surface area (TPSA) is 95.5 Å². The highest BCUT2D eigenvalue weighted by atomic mass is 16.4. The summed E-state index contributed by atoms with van der Waals surface area (Å²) < 4.78 is 0. The smallest absolute Gasteiger partial charge is 0.335 e. The Kier molecular flexibility index (Phi) is 5.68. The SMILES string of the molecule is CC(NC(=O)Cc1ccc(C(=O)O)cc1)C(=O)NC(C)(C)C. The summed E-state index contributed by atoms with van der Waals surface area (Å²) in [5.41, 5.74) is 0.496. The minimum atomic E-state index is -1.01. The first-order valence-corrected chi connectivity index (χ1v) is 7.02. The molecule has 1 rings (SSSR count). The minimum absolute atomic E-state index is 0.0903. The van der Waals surface area contributed by atoms with E-state index in [1.807, 2.05) is 20.8 Å². The largest absolute Gasteiger partial charge is 0.478 e. The summed E-state index contributed by atoms with van der Waals surface area (Å²) in [4.78, 5) is 34.5. The van der Waals surface area contributed by atoms with Crippen molar-refractivity contribution < 1.29 is 19.5 Å². The highest BCUT2D eigenvalue weighted by molar-refractivity contribution is 5.89. The van der Waals surface area contributed by atoms with E-state index in [4.69, 9.17) is 5.11 Å². The van der Waals surface area contributed by atoms with Crippen molar-refractivity contribution in [2.45, 2.75) is 45.7 Å². The maximum absolute atomic E-state index is 11.9. The summed E-state index contributed by atoms with van der Waals surface area (Å²) in [7, 11) is 0. The Morgan fingerprint density at radius 3 is 2.14 bits per heavy atom. The quantitative estimate of drug-likeness (QED) is 0.765. The Labute approximate surface area is 129 Å². The molecular weight excluding hydrogens is 284 g/mol. The van der Waals surface area contributed by atoms with Crippen molar-refractivity contribution in [2.75, 3.05) is 0 Å². The van der Waals surface area contributed by atoms with Crippen LogP contribution in [-0.2, 0) is 16.0 Å². The van der Waals surface area contributed by atoms with Gasteiger partial charge in [-0.15, -0.1) is 0 Å². The zero-order chi connectivity index (χ0) is 16.9. The van der Waals surface area contributed by atoms with Gasteiger partial charge in [-0.2, -0.15) is 0 Å². The first kappa shape index (κ1) is 17.7. The van der Waals surface area contributed by atoms with Gasteiger partial charge in [-0.3, -0.25) is 9.59 Å². The lowest BCUT2D eigenvalue weighted by molar-refractivity contribution is -0.129. The van der Waals surface area contributed by atoms with Crippen LogP contribution in [0, 0.1) is 0 Å². The highest BCUT2D eigenvalue weighted by Crippen LogP contribution is 2.06. The van der Waals surface area contributed by atoms with Gasteiger partial charge >= 0.3 is 5.97 Å². The summed E-state index contributed by atoms with van der Waals surface area (Å²) in [5.74, 6) is -1.55. The van der Waals surface area contributed by atoms with Gasteiger partial charge in [0.1, 0.15) is 6.04 Å². The molecule has 0 aliphatic carbocycles. The molecule has 1 aromatic rings. The van der Waals surface area contributed by atoms with Crippen LogP contribution in [-0.4, -0.2) is 34.5 Å². The van der Waals surface area contributed by atoms with Gasteiger partial charge in [0.2, 0.25) is 11.8 Å². The van der Waals surface area contributed by atoms with Crippen molar-refractivity contribution in [1.29, 1.82) is 0 Å². The molecule has 6 nitrogen and oxygen atoms in total. The predicted molar refractivity (Wildman–Crippen MR) is 82.6 cm³/mol. The molecule has 0 aromatic heterocycles. The lowest BCUT2D eigenvalue weighted by Crippen LogP contribution is -2.51. The summed E-state index contributed by atoms with van der Waals surface area (Å²) in [5, 5.41) is 14.2. The molecule has 2 amide bonds. The number of nitrogens with one attached hydrogen (secondary N) is 2. The Morgan fingerprint density at radius 1 is 1.14 bits per heavy atom. The van der Waals surface area contributed by atoms with Crippen LogP contribution >= 0.6 is 0 Å². The highest BCUT2D eigenvalue weighted by Gasteiger charge is 2.20. The predicted octanol–water partition coefficient (Wildman–Crippen LogP) is 1.35. The molecule has 0 radical (unpaired) electrons. The summed E-state index contributed by atoms with van der Waals surface area (Å²) in [6, 6.07) is 5.43. The summed E-state index contributed by atoms with van der Waals surface area (Å²) in [6.07, 6.45) is 0.0903. The van der Waals surface area contributed by atoms with Crippen LogP contribution in [0.25, 0.3) is 0 Å². The number of carbonyl (C=O) groups excluding carboxylic acids is 2. The molecule has 0 fully saturated rings. The lowest BCUT2D eigenvalue weighted by Gasteiger charge is -2.23. The Balaban J connectivity index is 2.55. The molecule has 0 saturated heterocycles. The van der Waals surface area contributed by atoms with Crippen molar-refractivity contribution in [3.05, 3.63) is 35.4 Å². The van der Waals surface area contributed by atoms with Gasteiger partial charge in [-0.25, -0.2) is 4.79 Å². The zero-order valence-electron chi connectivity index (χ0n) is 13.3. The van der Waals surface area contributed by atoms with Gasteiger partial charge in [0.05, 0.1) is 12.0 Å². The number of carboxylic acids is 1. The molecule has 0 heterocycles. The van der Waals surface area contributed by atoms with E-state index < -0.39 is 12.0 Å². The number of hydrogen-bond donors (Lipinski definition) is 3. The molecule has 1 aromatic carbocycles. The van der Waals surface area contributed by atoms with Crippen LogP contribution < -0.4 is 10.6 Å². The first-order valence-electron chi connectivity index (χ1n) is 7.02. The van der Waals surface area contributed by atoms with Gasteiger partial charge in [0.15, 0.2) is 0 Å². The van der Waals surface area contributed by atoms with Gasteiger partial charge in [0, 0.05) is 5.54 Å². The van der Waals surface area contributed by atoms with Crippen molar-refractivity contribution in [3.63, 3.8) is 0 Å². The van der Waals surface area contributed by atoms with Gasteiger partial charge in [-0.05, 0) is 45.4 Å². The van der Waals surface area contributed by atoms with E-state index in [-0.39, 0.29) is 29.3 Å². The molecule has 0 saturated carbocycles. The van der Waals surface area contributed by atoms with E-state index in [0.29, 0.717) is 5.56 Å². The first-order chi connectivity index (χ1) is 10.1. The number of carboxylic acid groups (broad SMARTS) is 1. The van der Waals surface area contributed by atoms with Crippen molar-refractivity contribution in [3.8, 4) is 0 Å². The number of carbonyl (C=O) groups is 3. The Bertz CT molecular complexity index is 559. The third-order valence-electron chi connectivity index (χ3n) is 2.83. The molecule has 0 spiro atoms. The normalized spacial score (nSPS) is 12.4. The number of amides is 2. The van der Waals surface area contributed by atoms with Crippen LogP contribution in [0.2, 0.25) is 0 Å². The molecule has 22 heavy (non-hydrogen) atoms. The fourth-order valence-corrected chi connectivity index (χ4v) is 1.79. The summed E-state index contributed by atoms with van der Waals surface area (Å²) >= 11 is 0. The number of rotatable bonds is 5. The molecule has 0 bridgehead atoms. The maximum Gasteiger partial charge on any atom is 0.335 e. The molecule has 3 N–H and O–H groups in total. The van der Waals surface area contributed by atoms with Crippen LogP contribution in [0.3, 0.4) is 0 Å². The van der Waals surface area contributed by atoms with E-state index in [1.165, 1.54) is 12.1 Å². The molecular formula is C16H22N2O4. The Morgan fingerprint density at radius 2 is 1.68 bits per heavy atom. The van der Waals surface area contributed by atoms with E-state index >= 15 is 0 Å². The molecule has 1 atom stereocenters. The second-order valence-electron chi connectivity index (χ2n) is 6.21. The zero-order valence-corrected chi connectivity index (χ0v) is 13.3. The second-order valence-corrected chi connectivity index (χ2v) is 6.21. The molecule has 1 unspecified atom stereocenters. The fraction of sp³-hybridized carbons (Fsp3) is 0.438. The second kappa shape index (κ2) is 7.06. The van der Waals surface area contributed by atoms with Crippen molar-refractivity contribution in [1.82, 2.24) is 10.6 Å². The molecule has 0 aliphatic rings. The monoisotopic (exact) mass is 306 g/mol. The minimum Gasteiger partial charge on any atom is -0.478 e. The van der Waals surface area contributed by atoms with Crippen LogP contribution in [0.5, 0.6) is 0 Å². The molecule has 0 aliphatic heterocycles. The standard InChI is InChI=1S/C16H22N2O4/c1-10(14(20)18-16(2,3)4)17-13(19)9-11-5-7-12(8-6-11)15(21)22/h5-8,10H,9H2,1-4H3,(H,17,19)(H,18,20)(H,21,22). The maximum atomic E-state index is 11.9. The van der Waals surface area contributed by atoms with E-state index in [2.05, 4.69) is 10.6 Å². The van der Waals surface area contributed by atoms with E-state index in [1.54, 1.807) is 19.1 Å².